The van der Waals surface area contributed by atoms with Gasteiger partial charge in [-0.2, -0.15) is 0 Å². The molecule has 0 saturated heterocycles. The normalized spacial score (nSPS) is 20.7. The third kappa shape index (κ3) is 1.29. The van der Waals surface area contributed by atoms with Gasteiger partial charge in [0.05, 0.1) is 6.61 Å². The fourth-order valence-electron chi connectivity index (χ4n) is 1.70. The Morgan fingerprint density at radius 1 is 1.54 bits per heavy atom. The van der Waals surface area contributed by atoms with Crippen LogP contribution in [0, 0.1) is 12.7 Å². The molecular weight excluding hydrogens is 169 g/mol. The minimum atomic E-state index is -0.209. The first-order chi connectivity index (χ1) is 6.20. The van der Waals surface area contributed by atoms with E-state index < -0.39 is 0 Å². The number of hydrogen-bond donors (Lipinski definition) is 1. The van der Waals surface area contributed by atoms with Gasteiger partial charge in [-0.15, -0.1) is 0 Å². The zero-order valence-corrected chi connectivity index (χ0v) is 7.51. The van der Waals surface area contributed by atoms with Crippen LogP contribution >= 0.6 is 0 Å². The molecule has 1 atom stereocenters. The van der Waals surface area contributed by atoms with E-state index in [4.69, 9.17) is 10.5 Å². The quantitative estimate of drug-likeness (QED) is 0.663. The lowest BCUT2D eigenvalue weighted by Gasteiger charge is -2.24. The first-order valence-electron chi connectivity index (χ1n) is 4.37. The Morgan fingerprint density at radius 2 is 2.31 bits per heavy atom. The Morgan fingerprint density at radius 3 is 3.08 bits per heavy atom. The molecule has 2 rings (SSSR count). The predicted molar refractivity (Wildman–Crippen MR) is 48.2 cm³/mol. The summed E-state index contributed by atoms with van der Waals surface area (Å²) in [6.45, 7) is 2.36. The van der Waals surface area contributed by atoms with Crippen LogP contribution in [0.2, 0.25) is 0 Å². The molecule has 0 aliphatic carbocycles. The van der Waals surface area contributed by atoms with Gasteiger partial charge in [-0.25, -0.2) is 4.39 Å². The van der Waals surface area contributed by atoms with Gasteiger partial charge in [0.1, 0.15) is 11.6 Å². The maximum Gasteiger partial charge on any atom is 0.126 e. The van der Waals surface area contributed by atoms with Crippen molar-refractivity contribution >= 4 is 0 Å². The first-order valence-corrected chi connectivity index (χ1v) is 4.37. The highest BCUT2D eigenvalue weighted by Gasteiger charge is 2.21. The van der Waals surface area contributed by atoms with E-state index in [0.717, 1.165) is 17.7 Å². The largest absolute Gasteiger partial charge is 0.493 e. The first kappa shape index (κ1) is 8.51. The maximum absolute atomic E-state index is 13.2. The lowest BCUT2D eigenvalue weighted by Crippen LogP contribution is -2.22. The molecule has 0 amide bonds. The van der Waals surface area contributed by atoms with E-state index in [1.807, 2.05) is 0 Å². The standard InChI is InChI=1S/C10H12FNO/c1-6-7(11)2-3-9-10(6)8(12)4-5-13-9/h2-3,8H,4-5,12H2,1H3. The Balaban J connectivity index is 2.58. The van der Waals surface area contributed by atoms with E-state index in [-0.39, 0.29) is 11.9 Å². The molecular formula is C10H12FNO. The molecule has 70 valence electrons. The molecule has 0 bridgehead atoms. The van der Waals surface area contributed by atoms with Crippen LogP contribution in [0.25, 0.3) is 0 Å². The van der Waals surface area contributed by atoms with Crippen LogP contribution in [-0.4, -0.2) is 6.61 Å². The monoisotopic (exact) mass is 181 g/mol. The summed E-state index contributed by atoms with van der Waals surface area (Å²) in [6.07, 6.45) is 0.761. The van der Waals surface area contributed by atoms with Gasteiger partial charge in [0.15, 0.2) is 0 Å². The SMILES string of the molecule is Cc1c(F)ccc2c1C(N)CCO2. The van der Waals surface area contributed by atoms with Gasteiger partial charge in [-0.1, -0.05) is 0 Å². The zero-order chi connectivity index (χ0) is 9.42. The van der Waals surface area contributed by atoms with E-state index in [1.54, 1.807) is 13.0 Å². The lowest BCUT2D eigenvalue weighted by atomic mass is 9.96. The molecule has 13 heavy (non-hydrogen) atoms. The second-order valence-corrected chi connectivity index (χ2v) is 3.33. The topological polar surface area (TPSA) is 35.2 Å². The number of ether oxygens (including phenoxy) is 1. The molecule has 2 N–H and O–H groups in total. The molecule has 0 saturated carbocycles. The van der Waals surface area contributed by atoms with Crippen LogP contribution in [0.1, 0.15) is 23.6 Å². The van der Waals surface area contributed by atoms with Crippen LogP contribution in [0.4, 0.5) is 4.39 Å². The van der Waals surface area contributed by atoms with Crippen molar-refractivity contribution in [2.24, 2.45) is 5.73 Å². The zero-order valence-electron chi connectivity index (χ0n) is 7.51. The van der Waals surface area contributed by atoms with Crippen molar-refractivity contribution in [1.82, 2.24) is 0 Å². The molecule has 0 aromatic heterocycles. The van der Waals surface area contributed by atoms with E-state index in [2.05, 4.69) is 0 Å². The van der Waals surface area contributed by atoms with Gasteiger partial charge >= 0.3 is 0 Å². The van der Waals surface area contributed by atoms with Crippen molar-refractivity contribution in [3.63, 3.8) is 0 Å². The molecule has 2 nitrogen and oxygen atoms in total. The van der Waals surface area contributed by atoms with Crippen LogP contribution in [0.15, 0.2) is 12.1 Å². The van der Waals surface area contributed by atoms with Crippen molar-refractivity contribution in [2.45, 2.75) is 19.4 Å². The minimum absolute atomic E-state index is 0.0838. The van der Waals surface area contributed by atoms with E-state index in [0.29, 0.717) is 12.2 Å². The second-order valence-electron chi connectivity index (χ2n) is 3.33. The average molecular weight is 181 g/mol. The smallest absolute Gasteiger partial charge is 0.126 e. The summed E-state index contributed by atoms with van der Waals surface area (Å²) in [5.41, 5.74) is 7.31. The van der Waals surface area contributed by atoms with Crippen molar-refractivity contribution in [3.8, 4) is 5.75 Å². The fourth-order valence-corrected chi connectivity index (χ4v) is 1.70. The minimum Gasteiger partial charge on any atom is -0.493 e. The summed E-state index contributed by atoms with van der Waals surface area (Å²) in [4.78, 5) is 0. The Kier molecular flexibility index (Phi) is 1.96. The van der Waals surface area contributed by atoms with E-state index in [1.165, 1.54) is 6.07 Å². The molecule has 1 aliphatic rings. The van der Waals surface area contributed by atoms with E-state index in [9.17, 15) is 4.39 Å². The van der Waals surface area contributed by atoms with Gasteiger partial charge in [0.2, 0.25) is 0 Å². The van der Waals surface area contributed by atoms with Crippen LogP contribution in [-0.2, 0) is 0 Å². The number of benzene rings is 1. The van der Waals surface area contributed by atoms with Gasteiger partial charge in [0.25, 0.3) is 0 Å². The summed E-state index contributed by atoms with van der Waals surface area (Å²) in [5, 5.41) is 0. The van der Waals surface area contributed by atoms with Crippen molar-refractivity contribution in [3.05, 3.63) is 29.1 Å². The molecule has 1 aliphatic heterocycles. The summed E-state index contributed by atoms with van der Waals surface area (Å²) >= 11 is 0. The van der Waals surface area contributed by atoms with E-state index >= 15 is 0 Å². The highest BCUT2D eigenvalue weighted by Crippen LogP contribution is 2.33. The molecule has 3 heteroatoms. The van der Waals surface area contributed by atoms with Crippen molar-refractivity contribution < 1.29 is 9.13 Å². The molecule has 0 spiro atoms. The van der Waals surface area contributed by atoms with Gasteiger partial charge in [-0.05, 0) is 24.6 Å². The average Bonchev–Trinajstić information content (AvgIpc) is 2.12. The molecule has 1 unspecified atom stereocenters. The number of halogens is 1. The van der Waals surface area contributed by atoms with Crippen molar-refractivity contribution in [2.75, 3.05) is 6.61 Å². The summed E-state index contributed by atoms with van der Waals surface area (Å²) in [6, 6.07) is 2.99. The fraction of sp³-hybridized carbons (Fsp3) is 0.400. The van der Waals surface area contributed by atoms with Crippen LogP contribution < -0.4 is 10.5 Å². The maximum atomic E-state index is 13.2. The second kappa shape index (κ2) is 3.00. The van der Waals surface area contributed by atoms with Crippen molar-refractivity contribution in [1.29, 1.82) is 0 Å². The molecule has 1 aromatic rings. The highest BCUT2D eigenvalue weighted by atomic mass is 19.1. The summed E-state index contributed by atoms with van der Waals surface area (Å²) in [5.74, 6) is 0.525. The lowest BCUT2D eigenvalue weighted by molar-refractivity contribution is 0.267. The highest BCUT2D eigenvalue weighted by molar-refractivity contribution is 5.43. The Bertz CT molecular complexity index is 338. The van der Waals surface area contributed by atoms with Crippen LogP contribution in [0.3, 0.4) is 0 Å². The molecule has 1 aromatic carbocycles. The van der Waals surface area contributed by atoms with Gasteiger partial charge < -0.3 is 10.5 Å². The Labute approximate surface area is 76.5 Å². The third-order valence-corrected chi connectivity index (χ3v) is 2.47. The van der Waals surface area contributed by atoms with Crippen LogP contribution in [0.5, 0.6) is 5.75 Å². The Hall–Kier alpha value is -1.09. The summed E-state index contributed by atoms with van der Waals surface area (Å²) in [7, 11) is 0. The molecule has 1 heterocycles. The number of hydrogen-bond acceptors (Lipinski definition) is 2. The third-order valence-electron chi connectivity index (χ3n) is 2.47. The number of nitrogens with two attached hydrogens (primary N) is 1. The number of fused-ring (bicyclic) bond motifs is 1. The number of rotatable bonds is 0. The molecule has 0 fully saturated rings. The predicted octanol–water partition coefficient (Wildman–Crippen LogP) is 1.92. The van der Waals surface area contributed by atoms with Gasteiger partial charge in [-0.3, -0.25) is 0 Å². The summed E-state index contributed by atoms with van der Waals surface area (Å²) < 4.78 is 18.6. The molecule has 0 radical (unpaired) electrons. The van der Waals surface area contributed by atoms with Gasteiger partial charge in [0, 0.05) is 18.0 Å².